The topological polar surface area (TPSA) is 55.4 Å². The predicted octanol–water partition coefficient (Wildman–Crippen LogP) is 3.44. The monoisotopic (exact) mass is 371 g/mol. The van der Waals surface area contributed by atoms with Crippen LogP contribution in [0.25, 0.3) is 0 Å². The average molecular weight is 372 g/mol. The maximum atomic E-state index is 13.0. The summed E-state index contributed by atoms with van der Waals surface area (Å²) in [6.45, 7) is 1.79. The minimum atomic E-state index is -0.654. The fraction of sp³-hybridized carbons (Fsp3) is 0.500. The van der Waals surface area contributed by atoms with E-state index in [1.54, 1.807) is 0 Å². The van der Waals surface area contributed by atoms with Crippen molar-refractivity contribution >= 4 is 27.8 Å². The number of hydrogen-bond donors (Lipinski definition) is 1. The summed E-state index contributed by atoms with van der Waals surface area (Å²) < 4.78 is 18.3. The smallest absolute Gasteiger partial charge is 0.339 e. The van der Waals surface area contributed by atoms with E-state index in [0.717, 1.165) is 19.3 Å². The van der Waals surface area contributed by atoms with Gasteiger partial charge in [-0.1, -0.05) is 19.8 Å². The van der Waals surface area contributed by atoms with Crippen LogP contribution in [0.3, 0.4) is 0 Å². The number of benzene rings is 1. The van der Waals surface area contributed by atoms with Crippen LogP contribution in [0.5, 0.6) is 0 Å². The van der Waals surface area contributed by atoms with Crippen LogP contribution in [0, 0.1) is 11.7 Å². The molecule has 1 N–H and O–H groups in total. The lowest BCUT2D eigenvalue weighted by molar-refractivity contribution is -0.125. The molecule has 2 rings (SSSR count). The highest BCUT2D eigenvalue weighted by Gasteiger charge is 2.23. The molecule has 1 aliphatic rings. The molecule has 6 heteroatoms. The van der Waals surface area contributed by atoms with E-state index in [1.807, 2.05) is 0 Å². The number of hydrogen-bond acceptors (Lipinski definition) is 3. The van der Waals surface area contributed by atoms with Gasteiger partial charge in [0.1, 0.15) is 5.82 Å². The Kier molecular flexibility index (Phi) is 5.94. The number of nitrogens with one attached hydrogen (secondary N) is 1. The lowest BCUT2D eigenvalue weighted by Crippen LogP contribution is -2.42. The molecule has 0 aromatic heterocycles. The molecule has 0 bridgehead atoms. The molecule has 1 fully saturated rings. The van der Waals surface area contributed by atoms with Gasteiger partial charge in [-0.05, 0) is 52.9 Å². The molecular formula is C16H19BrFNO3. The Morgan fingerprint density at radius 3 is 2.77 bits per heavy atom. The van der Waals surface area contributed by atoms with Crippen LogP contribution < -0.4 is 5.32 Å². The number of esters is 1. The van der Waals surface area contributed by atoms with E-state index in [2.05, 4.69) is 28.2 Å². The molecule has 0 saturated heterocycles. The lowest BCUT2D eigenvalue weighted by atomic mass is 9.86. The van der Waals surface area contributed by atoms with Gasteiger partial charge in [0.15, 0.2) is 6.61 Å². The first kappa shape index (κ1) is 16.9. The molecule has 1 amide bonds. The van der Waals surface area contributed by atoms with Crippen LogP contribution in [0.15, 0.2) is 22.7 Å². The Bertz CT molecular complexity index is 564. The van der Waals surface area contributed by atoms with Crippen molar-refractivity contribution in [3.05, 3.63) is 34.1 Å². The zero-order chi connectivity index (χ0) is 16.1. The molecule has 0 heterocycles. The third-order valence-electron chi connectivity index (χ3n) is 3.94. The fourth-order valence-corrected chi connectivity index (χ4v) is 3.16. The minimum absolute atomic E-state index is 0.150. The van der Waals surface area contributed by atoms with Gasteiger partial charge in [-0.25, -0.2) is 9.18 Å². The van der Waals surface area contributed by atoms with Gasteiger partial charge < -0.3 is 10.1 Å². The van der Waals surface area contributed by atoms with Crippen LogP contribution in [-0.4, -0.2) is 24.5 Å². The average Bonchev–Trinajstić information content (AvgIpc) is 2.47. The molecule has 2 atom stereocenters. The number of halogens is 2. The van der Waals surface area contributed by atoms with Crippen LogP contribution >= 0.6 is 15.9 Å². The van der Waals surface area contributed by atoms with E-state index < -0.39 is 11.8 Å². The summed E-state index contributed by atoms with van der Waals surface area (Å²) >= 11 is 3.10. The summed E-state index contributed by atoms with van der Waals surface area (Å²) in [7, 11) is 0. The molecule has 0 unspecified atom stereocenters. The molecule has 1 saturated carbocycles. The normalized spacial score (nSPS) is 21.2. The van der Waals surface area contributed by atoms with Crippen LogP contribution in [-0.2, 0) is 9.53 Å². The first-order valence-electron chi connectivity index (χ1n) is 7.39. The first-order chi connectivity index (χ1) is 10.5. The summed E-state index contributed by atoms with van der Waals surface area (Å²) in [6.07, 6.45) is 4.37. The fourth-order valence-electron chi connectivity index (χ4n) is 2.64. The number of carbonyl (C=O) groups excluding carboxylic acids is 2. The van der Waals surface area contributed by atoms with Gasteiger partial charge in [-0.3, -0.25) is 4.79 Å². The summed E-state index contributed by atoms with van der Waals surface area (Å²) in [4.78, 5) is 23.8. The second kappa shape index (κ2) is 7.72. The van der Waals surface area contributed by atoms with Gasteiger partial charge in [-0.2, -0.15) is 0 Å². The van der Waals surface area contributed by atoms with Gasteiger partial charge in [0, 0.05) is 10.5 Å². The van der Waals surface area contributed by atoms with E-state index in [4.69, 9.17) is 4.74 Å². The van der Waals surface area contributed by atoms with E-state index in [-0.39, 0.29) is 24.1 Å². The Hall–Kier alpha value is -1.43. The van der Waals surface area contributed by atoms with Crippen molar-refractivity contribution in [2.75, 3.05) is 6.61 Å². The number of amides is 1. The summed E-state index contributed by atoms with van der Waals surface area (Å²) in [5, 5.41) is 2.91. The maximum absolute atomic E-state index is 13.0. The molecule has 22 heavy (non-hydrogen) atoms. The highest BCUT2D eigenvalue weighted by Crippen LogP contribution is 2.23. The van der Waals surface area contributed by atoms with Crippen molar-refractivity contribution in [2.45, 2.75) is 38.6 Å². The Morgan fingerprint density at radius 1 is 1.36 bits per heavy atom. The molecule has 0 radical (unpaired) electrons. The highest BCUT2D eigenvalue weighted by molar-refractivity contribution is 9.10. The summed E-state index contributed by atoms with van der Waals surface area (Å²) in [5.41, 5.74) is 0.195. The van der Waals surface area contributed by atoms with E-state index in [1.165, 1.54) is 24.6 Å². The Labute approximate surface area is 137 Å². The Morgan fingerprint density at radius 2 is 2.09 bits per heavy atom. The zero-order valence-electron chi connectivity index (χ0n) is 12.4. The van der Waals surface area contributed by atoms with Crippen LogP contribution in [0.4, 0.5) is 4.39 Å². The lowest BCUT2D eigenvalue weighted by Gasteiger charge is -2.29. The molecule has 120 valence electrons. The van der Waals surface area contributed by atoms with Crippen molar-refractivity contribution < 1.29 is 18.7 Å². The van der Waals surface area contributed by atoms with Gasteiger partial charge in [-0.15, -0.1) is 0 Å². The number of carbonyl (C=O) groups is 2. The molecule has 0 aliphatic heterocycles. The second-order valence-electron chi connectivity index (χ2n) is 5.64. The standard InChI is InChI=1S/C16H19BrFNO3/c1-10-4-2-3-5-14(10)19-15(20)9-22-16(21)12-7-6-11(18)8-13(12)17/h6-8,10,14H,2-5,9H2,1H3,(H,19,20)/t10-,14+/m1/s1. The summed E-state index contributed by atoms with van der Waals surface area (Å²) in [5.74, 6) is -0.962. The van der Waals surface area contributed by atoms with E-state index in [0.29, 0.717) is 10.4 Å². The van der Waals surface area contributed by atoms with Crippen molar-refractivity contribution in [3.8, 4) is 0 Å². The van der Waals surface area contributed by atoms with Gasteiger partial charge in [0.25, 0.3) is 5.91 Å². The third-order valence-corrected chi connectivity index (χ3v) is 4.60. The van der Waals surface area contributed by atoms with Crippen molar-refractivity contribution in [3.63, 3.8) is 0 Å². The van der Waals surface area contributed by atoms with E-state index >= 15 is 0 Å². The molecule has 0 spiro atoms. The van der Waals surface area contributed by atoms with Crippen LogP contribution in [0.2, 0.25) is 0 Å². The molecule has 1 aromatic carbocycles. The van der Waals surface area contributed by atoms with Crippen molar-refractivity contribution in [1.82, 2.24) is 5.32 Å². The maximum Gasteiger partial charge on any atom is 0.339 e. The molecule has 1 aromatic rings. The molecule has 4 nitrogen and oxygen atoms in total. The number of ether oxygens (including phenoxy) is 1. The van der Waals surface area contributed by atoms with Crippen molar-refractivity contribution in [1.29, 1.82) is 0 Å². The van der Waals surface area contributed by atoms with Gasteiger partial charge in [0.2, 0.25) is 0 Å². The largest absolute Gasteiger partial charge is 0.452 e. The minimum Gasteiger partial charge on any atom is -0.452 e. The van der Waals surface area contributed by atoms with Gasteiger partial charge in [0.05, 0.1) is 5.56 Å². The zero-order valence-corrected chi connectivity index (χ0v) is 14.0. The molecular weight excluding hydrogens is 353 g/mol. The SMILES string of the molecule is C[C@@H]1CCCC[C@@H]1NC(=O)COC(=O)c1ccc(F)cc1Br. The van der Waals surface area contributed by atoms with E-state index in [9.17, 15) is 14.0 Å². The van der Waals surface area contributed by atoms with Gasteiger partial charge >= 0.3 is 5.97 Å². The third kappa shape index (κ3) is 4.53. The van der Waals surface area contributed by atoms with Crippen LogP contribution in [0.1, 0.15) is 43.0 Å². The summed E-state index contributed by atoms with van der Waals surface area (Å²) in [6, 6.07) is 3.83. The second-order valence-corrected chi connectivity index (χ2v) is 6.49. The highest BCUT2D eigenvalue weighted by atomic mass is 79.9. The predicted molar refractivity (Wildman–Crippen MR) is 83.9 cm³/mol. The Balaban J connectivity index is 1.84. The first-order valence-corrected chi connectivity index (χ1v) is 8.18. The molecule has 1 aliphatic carbocycles. The number of rotatable bonds is 4. The quantitative estimate of drug-likeness (QED) is 0.824. The van der Waals surface area contributed by atoms with Crippen molar-refractivity contribution in [2.24, 2.45) is 5.92 Å².